The van der Waals surface area contributed by atoms with Gasteiger partial charge in [0.2, 0.25) is 0 Å². The molecule has 0 spiro atoms. The maximum Gasteiger partial charge on any atom is 0.191 e. The van der Waals surface area contributed by atoms with Crippen LogP contribution in [0.5, 0.6) is 5.75 Å². The van der Waals surface area contributed by atoms with E-state index in [1.807, 2.05) is 25.1 Å². The lowest BCUT2D eigenvalue weighted by Gasteiger charge is -2.18. The van der Waals surface area contributed by atoms with E-state index in [2.05, 4.69) is 43.4 Å². The van der Waals surface area contributed by atoms with Gasteiger partial charge < -0.3 is 19.9 Å². The van der Waals surface area contributed by atoms with Crippen molar-refractivity contribution in [2.24, 2.45) is 4.99 Å². The molecule has 1 aliphatic rings. The molecule has 0 radical (unpaired) electrons. The third-order valence-corrected chi connectivity index (χ3v) is 4.71. The summed E-state index contributed by atoms with van der Waals surface area (Å²) in [6, 6.07) is 8.09. The summed E-state index contributed by atoms with van der Waals surface area (Å²) >= 11 is 0. The number of rotatable bonds is 6. The third kappa shape index (κ3) is 5.45. The van der Waals surface area contributed by atoms with E-state index in [-0.39, 0.29) is 6.10 Å². The van der Waals surface area contributed by atoms with Crippen molar-refractivity contribution in [3.8, 4) is 5.75 Å². The molecular formula is C20H30N6O. The van der Waals surface area contributed by atoms with Crippen LogP contribution in [0.1, 0.15) is 43.4 Å². The van der Waals surface area contributed by atoms with E-state index < -0.39 is 0 Å². The van der Waals surface area contributed by atoms with E-state index in [1.165, 1.54) is 24.8 Å². The largest absolute Gasteiger partial charge is 0.489 e. The number of hydrogen-bond acceptors (Lipinski definition) is 4. The van der Waals surface area contributed by atoms with Crippen LogP contribution in [0.25, 0.3) is 0 Å². The highest BCUT2D eigenvalue weighted by Crippen LogP contribution is 2.15. The summed E-state index contributed by atoms with van der Waals surface area (Å²) < 4.78 is 8.20. The predicted molar refractivity (Wildman–Crippen MR) is 107 cm³/mol. The number of nitrogens with one attached hydrogen (secondary N) is 2. The van der Waals surface area contributed by atoms with Crippen LogP contribution in [0.4, 0.5) is 0 Å². The van der Waals surface area contributed by atoms with Crippen molar-refractivity contribution in [1.82, 2.24) is 25.4 Å². The molecule has 7 nitrogen and oxygen atoms in total. The highest BCUT2D eigenvalue weighted by atomic mass is 16.5. The van der Waals surface area contributed by atoms with Crippen LogP contribution in [-0.2, 0) is 19.5 Å². The summed E-state index contributed by atoms with van der Waals surface area (Å²) in [5, 5.41) is 15.3. The topological polar surface area (TPSA) is 76.4 Å². The van der Waals surface area contributed by atoms with Gasteiger partial charge in [0.15, 0.2) is 11.8 Å². The lowest BCUT2D eigenvalue weighted by atomic mass is 10.2. The summed E-state index contributed by atoms with van der Waals surface area (Å²) in [6.07, 6.45) is 4.70. The predicted octanol–water partition coefficient (Wildman–Crippen LogP) is 2.45. The van der Waals surface area contributed by atoms with Gasteiger partial charge >= 0.3 is 0 Å². The number of aryl methyl sites for hydroxylation is 2. The van der Waals surface area contributed by atoms with Crippen LogP contribution >= 0.6 is 0 Å². The van der Waals surface area contributed by atoms with Gasteiger partial charge in [-0.15, -0.1) is 10.2 Å². The van der Waals surface area contributed by atoms with Crippen LogP contribution < -0.4 is 15.4 Å². The molecule has 1 aliphatic heterocycles. The molecule has 1 aromatic carbocycles. The van der Waals surface area contributed by atoms with E-state index in [1.54, 1.807) is 7.05 Å². The zero-order valence-corrected chi connectivity index (χ0v) is 16.5. The SMILES string of the molecule is CN=C(NCc1nnc2n1CCCCC2)NCC(C)Oc1cccc(C)c1. The molecular weight excluding hydrogens is 340 g/mol. The van der Waals surface area contributed by atoms with E-state index in [0.717, 1.165) is 36.3 Å². The first kappa shape index (κ1) is 19.2. The zero-order chi connectivity index (χ0) is 19.1. The molecule has 2 aromatic rings. The van der Waals surface area contributed by atoms with Crippen LogP contribution in [0, 0.1) is 6.92 Å². The third-order valence-electron chi connectivity index (χ3n) is 4.71. The average Bonchev–Trinajstić information content (AvgIpc) is 2.88. The fraction of sp³-hybridized carbons (Fsp3) is 0.550. The summed E-state index contributed by atoms with van der Waals surface area (Å²) in [5.41, 5.74) is 1.19. The molecule has 3 rings (SSSR count). The first-order valence-corrected chi connectivity index (χ1v) is 9.74. The minimum Gasteiger partial charge on any atom is -0.489 e. The molecule has 7 heteroatoms. The van der Waals surface area contributed by atoms with Crippen LogP contribution in [0.2, 0.25) is 0 Å². The normalized spacial score (nSPS) is 15.6. The highest BCUT2D eigenvalue weighted by molar-refractivity contribution is 5.79. The molecule has 0 amide bonds. The maximum absolute atomic E-state index is 5.96. The smallest absolute Gasteiger partial charge is 0.191 e. The van der Waals surface area contributed by atoms with Crippen molar-refractivity contribution in [3.05, 3.63) is 41.5 Å². The standard InChI is InChI=1S/C20H30N6O/c1-15-8-7-9-17(12-15)27-16(2)13-22-20(21-3)23-14-19-25-24-18-10-5-4-6-11-26(18)19/h7-9,12,16H,4-6,10-11,13-14H2,1-3H3,(H2,21,22,23). The van der Waals surface area contributed by atoms with Crippen LogP contribution in [-0.4, -0.2) is 40.4 Å². The van der Waals surface area contributed by atoms with E-state index in [0.29, 0.717) is 13.1 Å². The van der Waals surface area contributed by atoms with Gasteiger partial charge in [0.1, 0.15) is 17.7 Å². The number of benzene rings is 1. The fourth-order valence-corrected chi connectivity index (χ4v) is 3.26. The van der Waals surface area contributed by atoms with Crippen molar-refractivity contribution < 1.29 is 4.74 Å². The number of aromatic nitrogens is 3. The van der Waals surface area contributed by atoms with Gasteiger partial charge in [0.25, 0.3) is 0 Å². The van der Waals surface area contributed by atoms with E-state index >= 15 is 0 Å². The Hall–Kier alpha value is -2.57. The molecule has 27 heavy (non-hydrogen) atoms. The number of guanidine groups is 1. The van der Waals surface area contributed by atoms with Gasteiger partial charge in [-0.25, -0.2) is 0 Å². The van der Waals surface area contributed by atoms with Gasteiger partial charge in [0.05, 0.1) is 13.1 Å². The second-order valence-electron chi connectivity index (χ2n) is 7.05. The van der Waals surface area contributed by atoms with Crippen LogP contribution in [0.15, 0.2) is 29.3 Å². The summed E-state index contributed by atoms with van der Waals surface area (Å²) in [5.74, 6) is 3.70. The Morgan fingerprint density at radius 3 is 2.96 bits per heavy atom. The molecule has 0 aliphatic carbocycles. The van der Waals surface area contributed by atoms with Crippen molar-refractivity contribution in [2.45, 2.75) is 58.7 Å². The van der Waals surface area contributed by atoms with Crippen molar-refractivity contribution in [3.63, 3.8) is 0 Å². The molecule has 2 N–H and O–H groups in total. The van der Waals surface area contributed by atoms with Gasteiger partial charge in [-0.2, -0.15) is 0 Å². The quantitative estimate of drug-likeness (QED) is 0.603. The van der Waals surface area contributed by atoms with Crippen molar-refractivity contribution in [2.75, 3.05) is 13.6 Å². The van der Waals surface area contributed by atoms with Gasteiger partial charge in [-0.1, -0.05) is 18.6 Å². The first-order valence-electron chi connectivity index (χ1n) is 9.74. The number of nitrogens with zero attached hydrogens (tertiary/aromatic N) is 4. The number of hydrogen-bond donors (Lipinski definition) is 2. The minimum absolute atomic E-state index is 0.0229. The van der Waals surface area contributed by atoms with Gasteiger partial charge in [-0.3, -0.25) is 4.99 Å². The number of aliphatic imine (C=N–C) groups is 1. The first-order chi connectivity index (χ1) is 13.2. The fourth-order valence-electron chi connectivity index (χ4n) is 3.26. The highest BCUT2D eigenvalue weighted by Gasteiger charge is 2.15. The Labute approximate surface area is 161 Å². The Morgan fingerprint density at radius 2 is 2.15 bits per heavy atom. The maximum atomic E-state index is 5.96. The molecule has 0 bridgehead atoms. The molecule has 0 fully saturated rings. The number of ether oxygens (including phenoxy) is 1. The Kier molecular flexibility index (Phi) is 6.68. The van der Waals surface area contributed by atoms with Gasteiger partial charge in [-0.05, 0) is 44.4 Å². The zero-order valence-electron chi connectivity index (χ0n) is 16.5. The lowest BCUT2D eigenvalue weighted by molar-refractivity contribution is 0.223. The second-order valence-corrected chi connectivity index (χ2v) is 7.05. The van der Waals surface area contributed by atoms with Gasteiger partial charge in [0, 0.05) is 20.0 Å². The minimum atomic E-state index is 0.0229. The molecule has 1 unspecified atom stereocenters. The Morgan fingerprint density at radius 1 is 1.26 bits per heavy atom. The average molecular weight is 371 g/mol. The second kappa shape index (κ2) is 9.39. The monoisotopic (exact) mass is 370 g/mol. The molecule has 146 valence electrons. The molecule has 1 atom stereocenters. The van der Waals surface area contributed by atoms with Crippen molar-refractivity contribution >= 4 is 5.96 Å². The van der Waals surface area contributed by atoms with Crippen molar-refractivity contribution in [1.29, 1.82) is 0 Å². The Bertz CT molecular complexity index is 770. The molecule has 0 saturated heterocycles. The van der Waals surface area contributed by atoms with E-state index in [9.17, 15) is 0 Å². The molecule has 1 aromatic heterocycles. The summed E-state index contributed by atoms with van der Waals surface area (Å²) in [6.45, 7) is 6.38. The van der Waals surface area contributed by atoms with E-state index in [4.69, 9.17) is 4.74 Å². The Balaban J connectivity index is 1.48. The van der Waals surface area contributed by atoms with Crippen LogP contribution in [0.3, 0.4) is 0 Å². The summed E-state index contributed by atoms with van der Waals surface area (Å²) in [4.78, 5) is 4.29. The molecule has 2 heterocycles. The summed E-state index contributed by atoms with van der Waals surface area (Å²) in [7, 11) is 1.77. The molecule has 0 saturated carbocycles. The lowest BCUT2D eigenvalue weighted by Crippen LogP contribution is -2.41. The number of fused-ring (bicyclic) bond motifs is 1.